The average molecular weight is 355 g/mol. The van der Waals surface area contributed by atoms with Crippen LogP contribution < -0.4 is 10.9 Å². The third-order valence-corrected chi connectivity index (χ3v) is 5.68. The van der Waals surface area contributed by atoms with Gasteiger partial charge in [0.1, 0.15) is 5.58 Å². The predicted molar refractivity (Wildman–Crippen MR) is 102 cm³/mol. The van der Waals surface area contributed by atoms with Crippen molar-refractivity contribution in [1.82, 2.24) is 9.80 Å². The van der Waals surface area contributed by atoms with E-state index in [9.17, 15) is 9.59 Å². The molecule has 138 valence electrons. The molecular formula is C20H25N3O3. The first-order valence-corrected chi connectivity index (χ1v) is 9.37. The Bertz CT molecular complexity index is 885. The summed E-state index contributed by atoms with van der Waals surface area (Å²) < 4.78 is 5.25. The van der Waals surface area contributed by atoms with Gasteiger partial charge < -0.3 is 14.6 Å². The summed E-state index contributed by atoms with van der Waals surface area (Å²) >= 11 is 0. The number of nitrogens with zero attached hydrogens (tertiary/aromatic N) is 2. The normalized spacial score (nSPS) is 21.6. The molecule has 0 aliphatic carbocycles. The average Bonchev–Trinajstić information content (AvgIpc) is 2.54. The molecule has 6 nitrogen and oxygen atoms in total. The van der Waals surface area contributed by atoms with Gasteiger partial charge in [-0.25, -0.2) is 9.59 Å². The molecule has 3 heterocycles. The van der Waals surface area contributed by atoms with E-state index in [1.807, 2.05) is 24.0 Å². The third kappa shape index (κ3) is 3.21. The zero-order chi connectivity index (χ0) is 18.3. The lowest BCUT2D eigenvalue weighted by Gasteiger charge is -2.49. The molecular weight excluding hydrogens is 330 g/mol. The molecule has 4 rings (SSSR count). The van der Waals surface area contributed by atoms with E-state index in [1.54, 1.807) is 6.07 Å². The molecule has 1 atom stereocenters. The van der Waals surface area contributed by atoms with Gasteiger partial charge in [-0.2, -0.15) is 0 Å². The van der Waals surface area contributed by atoms with E-state index in [1.165, 1.54) is 25.3 Å². The van der Waals surface area contributed by atoms with Gasteiger partial charge in [-0.1, -0.05) is 6.42 Å². The number of carbonyl (C=O) groups excluding carboxylic acids is 1. The lowest BCUT2D eigenvalue weighted by atomic mass is 9.98. The minimum Gasteiger partial charge on any atom is -0.423 e. The molecule has 2 aliphatic rings. The molecule has 2 amide bonds. The van der Waals surface area contributed by atoms with Crippen LogP contribution in [0.3, 0.4) is 0 Å². The number of amides is 2. The SMILES string of the molecule is Cc1cc(=O)oc2cc(NC(=O)N3CC(N4CCCC[C@H]4C)C3)ccc12. The Balaban J connectivity index is 1.40. The summed E-state index contributed by atoms with van der Waals surface area (Å²) in [6, 6.07) is 7.90. The third-order valence-electron chi connectivity index (χ3n) is 5.68. The highest BCUT2D eigenvalue weighted by Gasteiger charge is 2.37. The van der Waals surface area contributed by atoms with E-state index in [0.29, 0.717) is 23.4 Å². The second-order valence-corrected chi connectivity index (χ2v) is 7.53. The fourth-order valence-corrected chi connectivity index (χ4v) is 4.10. The van der Waals surface area contributed by atoms with Gasteiger partial charge in [0.15, 0.2) is 0 Å². The second kappa shape index (κ2) is 6.76. The van der Waals surface area contributed by atoms with E-state index in [2.05, 4.69) is 17.1 Å². The number of nitrogens with one attached hydrogen (secondary N) is 1. The van der Waals surface area contributed by atoms with Crippen LogP contribution in [0.15, 0.2) is 33.5 Å². The van der Waals surface area contributed by atoms with E-state index >= 15 is 0 Å². The van der Waals surface area contributed by atoms with E-state index in [4.69, 9.17) is 4.42 Å². The molecule has 26 heavy (non-hydrogen) atoms. The van der Waals surface area contributed by atoms with Crippen molar-refractivity contribution in [3.8, 4) is 0 Å². The number of hydrogen-bond acceptors (Lipinski definition) is 4. The predicted octanol–water partition coefficient (Wildman–Crippen LogP) is 3.19. The smallest absolute Gasteiger partial charge is 0.336 e. The van der Waals surface area contributed by atoms with Crippen LogP contribution in [0, 0.1) is 6.92 Å². The Morgan fingerprint density at radius 3 is 2.81 bits per heavy atom. The maximum Gasteiger partial charge on any atom is 0.336 e. The summed E-state index contributed by atoms with van der Waals surface area (Å²) in [5, 5.41) is 3.80. The Kier molecular flexibility index (Phi) is 4.44. The molecule has 1 aromatic carbocycles. The van der Waals surface area contributed by atoms with Gasteiger partial charge in [0.25, 0.3) is 0 Å². The number of urea groups is 1. The van der Waals surface area contributed by atoms with Crippen molar-refractivity contribution >= 4 is 22.7 Å². The van der Waals surface area contributed by atoms with Crippen LogP contribution >= 0.6 is 0 Å². The molecule has 1 N–H and O–H groups in total. The van der Waals surface area contributed by atoms with Gasteiger partial charge in [-0.15, -0.1) is 0 Å². The van der Waals surface area contributed by atoms with Gasteiger partial charge in [0.05, 0.1) is 0 Å². The summed E-state index contributed by atoms with van der Waals surface area (Å²) in [5.74, 6) is 0. The molecule has 1 aromatic heterocycles. The lowest BCUT2D eigenvalue weighted by molar-refractivity contribution is 0.0199. The monoisotopic (exact) mass is 355 g/mol. The van der Waals surface area contributed by atoms with Gasteiger partial charge in [0.2, 0.25) is 0 Å². The minimum atomic E-state index is -0.375. The number of hydrogen-bond donors (Lipinski definition) is 1. The zero-order valence-electron chi connectivity index (χ0n) is 15.3. The van der Waals surface area contributed by atoms with Crippen LogP contribution in [0.2, 0.25) is 0 Å². The van der Waals surface area contributed by atoms with Crippen LogP contribution in [0.25, 0.3) is 11.0 Å². The molecule has 2 aliphatic heterocycles. The highest BCUT2D eigenvalue weighted by atomic mass is 16.4. The standard InChI is InChI=1S/C20H25N3O3/c1-13-9-19(24)26-18-10-15(6-7-17(13)18)21-20(25)22-11-16(12-22)23-8-4-3-5-14(23)2/h6-7,9-10,14,16H,3-5,8,11-12H2,1-2H3,(H,21,25)/t14-/m1/s1. The largest absolute Gasteiger partial charge is 0.423 e. The second-order valence-electron chi connectivity index (χ2n) is 7.53. The maximum absolute atomic E-state index is 12.5. The first-order valence-electron chi connectivity index (χ1n) is 9.37. The number of piperidine rings is 1. The molecule has 2 aromatic rings. The molecule has 6 heteroatoms. The number of rotatable bonds is 2. The first-order chi connectivity index (χ1) is 12.5. The first kappa shape index (κ1) is 17.1. The topological polar surface area (TPSA) is 65.8 Å². The van der Waals surface area contributed by atoms with Crippen molar-refractivity contribution in [1.29, 1.82) is 0 Å². The maximum atomic E-state index is 12.5. The summed E-state index contributed by atoms with van der Waals surface area (Å²) in [4.78, 5) is 28.4. The Hall–Kier alpha value is -2.34. The summed E-state index contributed by atoms with van der Waals surface area (Å²) in [6.07, 6.45) is 3.82. The molecule has 0 saturated carbocycles. The number of benzene rings is 1. The fraction of sp³-hybridized carbons (Fsp3) is 0.500. The zero-order valence-corrected chi connectivity index (χ0v) is 15.3. The van der Waals surface area contributed by atoms with Crippen molar-refractivity contribution < 1.29 is 9.21 Å². The molecule has 0 spiro atoms. The quantitative estimate of drug-likeness (QED) is 0.840. The van der Waals surface area contributed by atoms with Crippen LogP contribution in [-0.2, 0) is 0 Å². The van der Waals surface area contributed by atoms with Gasteiger partial charge in [-0.05, 0) is 50.9 Å². The molecule has 0 radical (unpaired) electrons. The number of carbonyl (C=O) groups is 1. The van der Waals surface area contributed by atoms with Crippen molar-refractivity contribution in [2.24, 2.45) is 0 Å². The molecule has 2 fully saturated rings. The minimum absolute atomic E-state index is 0.0970. The van der Waals surface area contributed by atoms with Crippen LogP contribution in [0.1, 0.15) is 31.7 Å². The number of aryl methyl sites for hydroxylation is 1. The number of likely N-dealkylation sites (tertiary alicyclic amines) is 2. The number of anilines is 1. The highest BCUT2D eigenvalue weighted by Crippen LogP contribution is 2.25. The van der Waals surface area contributed by atoms with E-state index < -0.39 is 0 Å². The molecule has 2 saturated heterocycles. The summed E-state index contributed by atoms with van der Waals surface area (Å²) in [7, 11) is 0. The van der Waals surface area contributed by atoms with Gasteiger partial charge >= 0.3 is 11.7 Å². The van der Waals surface area contributed by atoms with Crippen molar-refractivity contribution in [3.63, 3.8) is 0 Å². The highest BCUT2D eigenvalue weighted by molar-refractivity contribution is 5.93. The molecule has 0 bridgehead atoms. The van der Waals surface area contributed by atoms with E-state index in [0.717, 1.165) is 30.6 Å². The van der Waals surface area contributed by atoms with Crippen molar-refractivity contribution in [2.75, 3.05) is 25.0 Å². The number of fused-ring (bicyclic) bond motifs is 1. The van der Waals surface area contributed by atoms with E-state index in [-0.39, 0.29) is 11.7 Å². The van der Waals surface area contributed by atoms with Gasteiger partial charge in [-0.3, -0.25) is 4.90 Å². The molecule has 0 unspecified atom stereocenters. The Morgan fingerprint density at radius 2 is 2.04 bits per heavy atom. The Labute approximate surface area is 152 Å². The van der Waals surface area contributed by atoms with Crippen LogP contribution in [0.4, 0.5) is 10.5 Å². The van der Waals surface area contributed by atoms with Crippen LogP contribution in [-0.4, -0.2) is 47.5 Å². The summed E-state index contributed by atoms with van der Waals surface area (Å²) in [6.45, 7) is 6.85. The Morgan fingerprint density at radius 1 is 1.23 bits per heavy atom. The lowest BCUT2D eigenvalue weighted by Crippen LogP contribution is -2.64. The van der Waals surface area contributed by atoms with Crippen molar-refractivity contribution in [3.05, 3.63) is 40.2 Å². The van der Waals surface area contributed by atoms with Gasteiger partial charge in [0, 0.05) is 48.4 Å². The summed E-state index contributed by atoms with van der Waals surface area (Å²) in [5.41, 5.74) is 1.64. The van der Waals surface area contributed by atoms with Crippen LogP contribution in [0.5, 0.6) is 0 Å². The fourth-order valence-electron chi connectivity index (χ4n) is 4.10. The van der Waals surface area contributed by atoms with Crippen molar-refractivity contribution in [2.45, 2.75) is 45.2 Å².